The van der Waals surface area contributed by atoms with E-state index in [0.717, 1.165) is 0 Å². The maximum absolute atomic E-state index is 13.6. The zero-order valence-electron chi connectivity index (χ0n) is 14.9. The minimum absolute atomic E-state index is 0.0593. The SMILES string of the molecule is CCOC(=O)c1[nH]c(C)c(CCC(=O)Nc2c(F)c(F)cc(F)c2F)c1C. The van der Waals surface area contributed by atoms with Gasteiger partial charge in [0.2, 0.25) is 5.91 Å². The summed E-state index contributed by atoms with van der Waals surface area (Å²) in [6, 6.07) is 0.0593. The Morgan fingerprint density at radius 1 is 1.11 bits per heavy atom. The fourth-order valence-corrected chi connectivity index (χ4v) is 2.69. The molecule has 0 bridgehead atoms. The van der Waals surface area contributed by atoms with Crippen molar-refractivity contribution >= 4 is 17.6 Å². The molecule has 0 aliphatic carbocycles. The van der Waals surface area contributed by atoms with Gasteiger partial charge < -0.3 is 15.0 Å². The number of hydrogen-bond donors (Lipinski definition) is 2. The molecule has 0 fully saturated rings. The molecule has 1 amide bonds. The van der Waals surface area contributed by atoms with Gasteiger partial charge in [0.25, 0.3) is 0 Å². The highest BCUT2D eigenvalue weighted by atomic mass is 19.2. The average Bonchev–Trinajstić information content (AvgIpc) is 2.89. The van der Waals surface area contributed by atoms with Crippen LogP contribution in [0.2, 0.25) is 0 Å². The van der Waals surface area contributed by atoms with Crippen LogP contribution in [0.5, 0.6) is 0 Å². The number of benzene rings is 1. The molecule has 2 aromatic rings. The van der Waals surface area contributed by atoms with Gasteiger partial charge in [-0.05, 0) is 38.3 Å². The Morgan fingerprint density at radius 3 is 2.26 bits per heavy atom. The van der Waals surface area contributed by atoms with Crippen LogP contribution in [0.1, 0.15) is 40.7 Å². The van der Waals surface area contributed by atoms with Gasteiger partial charge in [-0.15, -0.1) is 0 Å². The number of nitrogens with one attached hydrogen (secondary N) is 2. The summed E-state index contributed by atoms with van der Waals surface area (Å²) in [5.41, 5.74) is 0.978. The van der Waals surface area contributed by atoms with Crippen molar-refractivity contribution in [3.8, 4) is 0 Å². The molecule has 27 heavy (non-hydrogen) atoms. The van der Waals surface area contributed by atoms with E-state index >= 15 is 0 Å². The number of aromatic amines is 1. The zero-order chi connectivity index (χ0) is 20.3. The normalized spacial score (nSPS) is 10.8. The molecule has 5 nitrogen and oxygen atoms in total. The topological polar surface area (TPSA) is 71.2 Å². The molecule has 2 N–H and O–H groups in total. The third kappa shape index (κ3) is 4.29. The number of H-pyrrole nitrogens is 1. The van der Waals surface area contributed by atoms with Gasteiger partial charge in [-0.1, -0.05) is 0 Å². The van der Waals surface area contributed by atoms with Crippen molar-refractivity contribution in [2.75, 3.05) is 11.9 Å². The standard InChI is InChI=1S/C18H18F4N2O3/c1-4-27-18(26)16-8(2)10(9(3)23-16)5-6-13(25)24-17-14(21)11(19)7-12(20)15(17)22/h7,23H,4-6H2,1-3H3,(H,24,25). The molecule has 0 saturated carbocycles. The summed E-state index contributed by atoms with van der Waals surface area (Å²) in [4.78, 5) is 26.7. The molecule has 146 valence electrons. The van der Waals surface area contributed by atoms with Crippen molar-refractivity contribution in [1.82, 2.24) is 4.98 Å². The zero-order valence-corrected chi connectivity index (χ0v) is 14.9. The van der Waals surface area contributed by atoms with Crippen LogP contribution in [0.3, 0.4) is 0 Å². The lowest BCUT2D eigenvalue weighted by atomic mass is 10.0. The Bertz CT molecular complexity index is 867. The van der Waals surface area contributed by atoms with E-state index in [2.05, 4.69) is 4.98 Å². The molecule has 1 aromatic heterocycles. The average molecular weight is 386 g/mol. The summed E-state index contributed by atoms with van der Waals surface area (Å²) in [7, 11) is 0. The number of aryl methyl sites for hydroxylation is 1. The number of amides is 1. The van der Waals surface area contributed by atoms with Crippen LogP contribution in [-0.4, -0.2) is 23.5 Å². The van der Waals surface area contributed by atoms with Gasteiger partial charge >= 0.3 is 5.97 Å². The van der Waals surface area contributed by atoms with Gasteiger partial charge in [0.05, 0.1) is 6.61 Å². The van der Waals surface area contributed by atoms with Crippen molar-refractivity contribution < 1.29 is 31.9 Å². The Morgan fingerprint density at radius 2 is 1.70 bits per heavy atom. The smallest absolute Gasteiger partial charge is 0.355 e. The molecular weight excluding hydrogens is 368 g/mol. The maximum atomic E-state index is 13.6. The van der Waals surface area contributed by atoms with Gasteiger partial charge in [0, 0.05) is 18.2 Å². The van der Waals surface area contributed by atoms with Crippen LogP contribution in [0, 0.1) is 37.1 Å². The summed E-state index contributed by atoms with van der Waals surface area (Å²) < 4.78 is 58.5. The van der Waals surface area contributed by atoms with Crippen LogP contribution in [0.15, 0.2) is 6.07 Å². The van der Waals surface area contributed by atoms with Gasteiger partial charge in [-0.25, -0.2) is 22.4 Å². The van der Waals surface area contributed by atoms with Gasteiger partial charge in [-0.3, -0.25) is 4.79 Å². The number of ether oxygens (including phenoxy) is 1. The highest BCUT2D eigenvalue weighted by molar-refractivity contribution is 5.92. The Kier molecular flexibility index (Phi) is 6.24. The number of rotatable bonds is 6. The number of carbonyl (C=O) groups is 2. The van der Waals surface area contributed by atoms with E-state index in [1.807, 2.05) is 5.32 Å². The van der Waals surface area contributed by atoms with Crippen molar-refractivity contribution in [2.24, 2.45) is 0 Å². The van der Waals surface area contributed by atoms with Crippen molar-refractivity contribution in [3.63, 3.8) is 0 Å². The van der Waals surface area contributed by atoms with E-state index in [1.165, 1.54) is 0 Å². The second-order valence-electron chi connectivity index (χ2n) is 5.84. The fourth-order valence-electron chi connectivity index (χ4n) is 2.69. The van der Waals surface area contributed by atoms with E-state index in [9.17, 15) is 27.2 Å². The molecule has 0 spiro atoms. The molecular formula is C18H18F4N2O3. The number of carbonyl (C=O) groups excluding carboxylic acids is 2. The lowest BCUT2D eigenvalue weighted by Gasteiger charge is -2.09. The minimum Gasteiger partial charge on any atom is -0.461 e. The van der Waals surface area contributed by atoms with Gasteiger partial charge in [0.15, 0.2) is 23.3 Å². The summed E-state index contributed by atoms with van der Waals surface area (Å²) in [6.07, 6.45) is -0.0841. The van der Waals surface area contributed by atoms with E-state index in [0.29, 0.717) is 16.8 Å². The largest absolute Gasteiger partial charge is 0.461 e. The maximum Gasteiger partial charge on any atom is 0.355 e. The highest BCUT2D eigenvalue weighted by Crippen LogP contribution is 2.25. The van der Waals surface area contributed by atoms with Crippen LogP contribution in [0.4, 0.5) is 23.2 Å². The van der Waals surface area contributed by atoms with E-state index in [4.69, 9.17) is 4.74 Å². The number of esters is 1. The molecule has 1 heterocycles. The lowest BCUT2D eigenvalue weighted by molar-refractivity contribution is -0.116. The minimum atomic E-state index is -1.68. The first-order chi connectivity index (χ1) is 12.7. The monoisotopic (exact) mass is 386 g/mol. The number of anilines is 1. The lowest BCUT2D eigenvalue weighted by Crippen LogP contribution is -2.16. The summed E-state index contributed by atoms with van der Waals surface area (Å²) in [5, 5.41) is 1.85. The summed E-state index contributed by atoms with van der Waals surface area (Å²) >= 11 is 0. The van der Waals surface area contributed by atoms with E-state index < -0.39 is 40.8 Å². The molecule has 0 radical (unpaired) electrons. The predicted octanol–water partition coefficient (Wildman–Crippen LogP) is 3.94. The predicted molar refractivity (Wildman–Crippen MR) is 89.4 cm³/mol. The van der Waals surface area contributed by atoms with Gasteiger partial charge in [0.1, 0.15) is 11.4 Å². The van der Waals surface area contributed by atoms with Crippen molar-refractivity contribution in [1.29, 1.82) is 0 Å². The first kappa shape index (κ1) is 20.5. The molecule has 9 heteroatoms. The Labute approximate surface area is 152 Å². The Balaban J connectivity index is 2.12. The molecule has 0 aliphatic heterocycles. The van der Waals surface area contributed by atoms with Crippen LogP contribution >= 0.6 is 0 Å². The molecule has 1 aromatic carbocycles. The molecule has 2 rings (SSSR count). The van der Waals surface area contributed by atoms with E-state index in [-0.39, 0.29) is 31.2 Å². The quantitative estimate of drug-likeness (QED) is 0.449. The van der Waals surface area contributed by atoms with Crippen molar-refractivity contribution in [3.05, 3.63) is 51.9 Å². The Hall–Kier alpha value is -2.84. The summed E-state index contributed by atoms with van der Waals surface area (Å²) in [5.74, 6) is -7.95. The number of halogens is 4. The van der Waals surface area contributed by atoms with Crippen LogP contribution in [0.25, 0.3) is 0 Å². The first-order valence-electron chi connectivity index (χ1n) is 8.15. The molecule has 0 saturated heterocycles. The summed E-state index contributed by atoms with van der Waals surface area (Å²) in [6.45, 7) is 5.24. The number of hydrogen-bond acceptors (Lipinski definition) is 3. The third-order valence-corrected chi connectivity index (χ3v) is 4.05. The molecule has 0 aliphatic rings. The van der Waals surface area contributed by atoms with Crippen LogP contribution < -0.4 is 5.32 Å². The highest BCUT2D eigenvalue weighted by Gasteiger charge is 2.22. The van der Waals surface area contributed by atoms with E-state index in [1.54, 1.807) is 20.8 Å². The van der Waals surface area contributed by atoms with Gasteiger partial charge in [-0.2, -0.15) is 0 Å². The fraction of sp³-hybridized carbons (Fsp3) is 0.333. The van der Waals surface area contributed by atoms with Crippen LogP contribution in [-0.2, 0) is 16.0 Å². The molecule has 0 unspecified atom stereocenters. The second kappa shape index (κ2) is 8.24. The molecule has 0 atom stereocenters. The number of aromatic nitrogens is 1. The second-order valence-corrected chi connectivity index (χ2v) is 5.84. The van der Waals surface area contributed by atoms with Crippen molar-refractivity contribution in [2.45, 2.75) is 33.6 Å². The third-order valence-electron chi connectivity index (χ3n) is 4.05. The first-order valence-corrected chi connectivity index (χ1v) is 8.15.